The first kappa shape index (κ1) is 32.0. The van der Waals surface area contributed by atoms with Gasteiger partial charge in [-0.15, -0.1) is 16.9 Å². The van der Waals surface area contributed by atoms with Crippen LogP contribution in [0.1, 0.15) is 32.4 Å². The Kier molecular flexibility index (Phi) is 10.1. The van der Waals surface area contributed by atoms with Gasteiger partial charge in [-0.1, -0.05) is 42.1 Å². The lowest BCUT2D eigenvalue weighted by Crippen LogP contribution is -2.71. The second-order valence-corrected chi connectivity index (χ2v) is 12.5. The van der Waals surface area contributed by atoms with Crippen LogP contribution in [-0.4, -0.2) is 91.1 Å². The molecule has 0 radical (unpaired) electrons. The zero-order valence-corrected chi connectivity index (χ0v) is 25.5. The highest BCUT2D eigenvalue weighted by Crippen LogP contribution is 2.42. The van der Waals surface area contributed by atoms with E-state index in [-0.39, 0.29) is 11.4 Å². The van der Waals surface area contributed by atoms with Gasteiger partial charge in [-0.2, -0.15) is 0 Å². The van der Waals surface area contributed by atoms with Gasteiger partial charge in [0.15, 0.2) is 0 Å². The van der Waals surface area contributed by atoms with Crippen molar-refractivity contribution >= 4 is 53.2 Å². The number of hydrogen-bond acceptors (Lipinski definition) is 14. The number of rotatable bonds is 11. The Balaban J connectivity index is 1.52. The smallest absolute Gasteiger partial charge is 0.357 e. The molecule has 0 aliphatic carbocycles. The van der Waals surface area contributed by atoms with E-state index in [0.717, 1.165) is 0 Å². The molecule has 2 aliphatic heterocycles. The minimum Gasteiger partial charge on any atom is -0.446 e. The summed E-state index contributed by atoms with van der Waals surface area (Å²) in [7, 11) is 1.67. The van der Waals surface area contributed by atoms with Gasteiger partial charge in [-0.25, -0.2) is 9.48 Å². The van der Waals surface area contributed by atoms with E-state index in [4.69, 9.17) is 19.9 Å². The largest absolute Gasteiger partial charge is 0.446 e. The standard InChI is InChI=1S/C26H31N7O8S2/c1-26(2,3)24(38)40-13-39-23(37)18-15(12-43-25-29-30-31-32(25)4)11-42-22-17(21(36)33(18)22)28-20(35)19(41-16(34)10-27)14-8-6-5-7-9-14/h5-9,17,19,22H,10-13,27H2,1-4H3,(H,28,35)/t17-,19-,22-/m1/s1. The van der Waals surface area contributed by atoms with Gasteiger partial charge in [0.2, 0.25) is 18.1 Å². The van der Waals surface area contributed by atoms with Crippen LogP contribution in [0.2, 0.25) is 0 Å². The Morgan fingerprint density at radius 1 is 1.19 bits per heavy atom. The molecule has 0 unspecified atom stereocenters. The molecule has 0 bridgehead atoms. The normalized spacial score (nSPS) is 18.7. The lowest BCUT2D eigenvalue weighted by Gasteiger charge is -2.49. The summed E-state index contributed by atoms with van der Waals surface area (Å²) in [6.45, 7) is 3.90. The van der Waals surface area contributed by atoms with Gasteiger partial charge in [0.25, 0.3) is 11.8 Å². The number of nitrogens with two attached hydrogens (primary N) is 1. The summed E-state index contributed by atoms with van der Waals surface area (Å²) in [5.74, 6) is -2.94. The van der Waals surface area contributed by atoms with Gasteiger partial charge in [-0.3, -0.25) is 24.1 Å². The number of esters is 3. The average Bonchev–Trinajstić information content (AvgIpc) is 3.40. The van der Waals surface area contributed by atoms with Crippen LogP contribution in [0.4, 0.5) is 0 Å². The molecule has 4 rings (SSSR count). The number of carbonyl (C=O) groups excluding carboxylic acids is 5. The highest BCUT2D eigenvalue weighted by molar-refractivity contribution is 8.01. The lowest BCUT2D eigenvalue weighted by molar-refractivity contribution is -0.173. The van der Waals surface area contributed by atoms with Crippen LogP contribution >= 0.6 is 23.5 Å². The number of aromatic nitrogens is 4. The molecular weight excluding hydrogens is 602 g/mol. The van der Waals surface area contributed by atoms with Crippen molar-refractivity contribution in [2.24, 2.45) is 18.2 Å². The fraction of sp³-hybridized carbons (Fsp3) is 0.462. The Labute approximate surface area is 255 Å². The first-order chi connectivity index (χ1) is 20.4. The summed E-state index contributed by atoms with van der Waals surface area (Å²) >= 11 is 2.59. The van der Waals surface area contributed by atoms with Crippen LogP contribution in [0.3, 0.4) is 0 Å². The fourth-order valence-corrected chi connectivity index (χ4v) is 6.34. The molecule has 3 atom stereocenters. The Hall–Kier alpha value is -3.96. The number of benzene rings is 1. The molecule has 1 fully saturated rings. The van der Waals surface area contributed by atoms with Gasteiger partial charge in [0.1, 0.15) is 17.1 Å². The number of tetrazole rings is 1. The number of nitrogens with zero attached hydrogens (tertiary/aromatic N) is 5. The van der Waals surface area contributed by atoms with Crippen molar-refractivity contribution in [1.82, 2.24) is 30.4 Å². The number of β-lactam (4-membered cyclic amide) rings is 1. The average molecular weight is 634 g/mol. The predicted octanol–water partition coefficient (Wildman–Crippen LogP) is 0.289. The van der Waals surface area contributed by atoms with Crippen molar-refractivity contribution < 1.29 is 38.2 Å². The SMILES string of the molecule is Cn1nnnc1SCC1=C(C(=O)OCOC(=O)C(C)(C)C)N2C(=O)[C@@H](NC(=O)[C@H](OC(=O)CN)c3ccccc3)[C@H]2SC1. The monoisotopic (exact) mass is 633 g/mol. The number of hydrogen-bond donors (Lipinski definition) is 2. The third-order valence-corrected chi connectivity index (χ3v) is 8.68. The lowest BCUT2D eigenvalue weighted by atomic mass is 9.98. The number of nitrogens with one attached hydrogen (secondary N) is 1. The maximum absolute atomic E-state index is 13.4. The molecule has 2 amide bonds. The topological polar surface area (TPSA) is 198 Å². The first-order valence-electron chi connectivity index (χ1n) is 13.0. The molecule has 1 aromatic heterocycles. The number of carbonyl (C=O) groups is 5. The van der Waals surface area contributed by atoms with Crippen LogP contribution in [0.25, 0.3) is 0 Å². The Morgan fingerprint density at radius 3 is 2.53 bits per heavy atom. The van der Waals surface area contributed by atoms with Crippen molar-refractivity contribution in [3.05, 3.63) is 47.2 Å². The van der Waals surface area contributed by atoms with E-state index in [0.29, 0.717) is 22.0 Å². The third-order valence-electron chi connectivity index (χ3n) is 6.24. The summed E-state index contributed by atoms with van der Waals surface area (Å²) < 4.78 is 17.1. The predicted molar refractivity (Wildman–Crippen MR) is 152 cm³/mol. The molecular formula is C26H31N7O8S2. The van der Waals surface area contributed by atoms with E-state index in [1.807, 2.05) is 0 Å². The van der Waals surface area contributed by atoms with Crippen molar-refractivity contribution in [3.8, 4) is 0 Å². The molecule has 0 saturated carbocycles. The van der Waals surface area contributed by atoms with Gasteiger partial charge in [-0.05, 0) is 36.8 Å². The quantitative estimate of drug-likeness (QED) is 0.148. The molecule has 2 aromatic rings. The van der Waals surface area contributed by atoms with Crippen LogP contribution in [-0.2, 0) is 45.2 Å². The molecule has 3 N–H and O–H groups in total. The van der Waals surface area contributed by atoms with Crippen LogP contribution in [0, 0.1) is 5.41 Å². The second-order valence-electron chi connectivity index (χ2n) is 10.4. The summed E-state index contributed by atoms with van der Waals surface area (Å²) in [6.07, 6.45) is -1.34. The van der Waals surface area contributed by atoms with Gasteiger partial charge in [0.05, 0.1) is 12.0 Å². The molecule has 17 heteroatoms. The van der Waals surface area contributed by atoms with E-state index in [1.165, 1.54) is 33.1 Å². The zero-order valence-electron chi connectivity index (χ0n) is 23.8. The minimum absolute atomic E-state index is 0.0112. The molecule has 1 aromatic carbocycles. The van der Waals surface area contributed by atoms with E-state index >= 15 is 0 Å². The number of ether oxygens (including phenoxy) is 3. The van der Waals surface area contributed by atoms with Crippen LogP contribution in [0.15, 0.2) is 46.8 Å². The minimum atomic E-state index is -1.34. The van der Waals surface area contributed by atoms with Crippen LogP contribution in [0.5, 0.6) is 0 Å². The van der Waals surface area contributed by atoms with Gasteiger partial charge in [0, 0.05) is 24.1 Å². The van der Waals surface area contributed by atoms with Gasteiger partial charge < -0.3 is 25.3 Å². The summed E-state index contributed by atoms with van der Waals surface area (Å²) in [6, 6.07) is 7.30. The number of thioether (sulfide) groups is 2. The summed E-state index contributed by atoms with van der Waals surface area (Å²) in [5, 5.41) is 13.8. The summed E-state index contributed by atoms with van der Waals surface area (Å²) in [4.78, 5) is 65.3. The maximum atomic E-state index is 13.4. The number of amides is 2. The van der Waals surface area contributed by atoms with Crippen LogP contribution < -0.4 is 11.1 Å². The highest BCUT2D eigenvalue weighted by Gasteiger charge is 2.55. The second kappa shape index (κ2) is 13.6. The van der Waals surface area contributed by atoms with E-state index in [2.05, 4.69) is 20.8 Å². The Bertz CT molecular complexity index is 1430. The third kappa shape index (κ3) is 7.34. The maximum Gasteiger partial charge on any atom is 0.357 e. The summed E-state index contributed by atoms with van der Waals surface area (Å²) in [5.41, 5.74) is 5.53. The van der Waals surface area contributed by atoms with E-state index in [9.17, 15) is 24.0 Å². The van der Waals surface area contributed by atoms with E-state index in [1.54, 1.807) is 58.2 Å². The van der Waals surface area contributed by atoms with Crippen molar-refractivity contribution in [1.29, 1.82) is 0 Å². The molecule has 15 nitrogen and oxygen atoms in total. The zero-order chi connectivity index (χ0) is 31.3. The molecule has 2 aliphatic rings. The van der Waals surface area contributed by atoms with Crippen molar-refractivity contribution in [3.63, 3.8) is 0 Å². The van der Waals surface area contributed by atoms with Crippen molar-refractivity contribution in [2.75, 3.05) is 24.8 Å². The highest BCUT2D eigenvalue weighted by atomic mass is 32.2. The van der Waals surface area contributed by atoms with Crippen molar-refractivity contribution in [2.45, 2.75) is 43.4 Å². The Morgan fingerprint density at radius 2 is 1.91 bits per heavy atom. The number of aryl methyl sites for hydroxylation is 1. The molecule has 0 spiro atoms. The first-order valence-corrected chi connectivity index (χ1v) is 15.1. The molecule has 1 saturated heterocycles. The molecule has 230 valence electrons. The number of fused-ring (bicyclic) bond motifs is 1. The molecule has 3 heterocycles. The molecule has 43 heavy (non-hydrogen) atoms. The van der Waals surface area contributed by atoms with Gasteiger partial charge >= 0.3 is 17.9 Å². The fourth-order valence-electron chi connectivity index (χ4n) is 4.01. The van der Waals surface area contributed by atoms with E-state index < -0.39 is 66.0 Å².